The second-order valence-electron chi connectivity index (χ2n) is 4.69. The molecule has 2 amide bonds. The van der Waals surface area contributed by atoms with Gasteiger partial charge >= 0.3 is 0 Å². The van der Waals surface area contributed by atoms with E-state index in [4.69, 9.17) is 0 Å². The number of hydrogen-bond acceptors (Lipinski definition) is 3. The van der Waals surface area contributed by atoms with Crippen LogP contribution in [-0.2, 0) is 9.59 Å². The summed E-state index contributed by atoms with van der Waals surface area (Å²) in [4.78, 5) is 24.4. The van der Waals surface area contributed by atoms with Crippen molar-refractivity contribution < 1.29 is 14.7 Å². The van der Waals surface area contributed by atoms with Crippen molar-refractivity contribution in [2.24, 2.45) is 0 Å². The van der Waals surface area contributed by atoms with Crippen molar-refractivity contribution in [3.63, 3.8) is 0 Å². The highest BCUT2D eigenvalue weighted by Crippen LogP contribution is 2.24. The Hall–Kier alpha value is -2.35. The van der Waals surface area contributed by atoms with Crippen molar-refractivity contribution in [1.82, 2.24) is 5.43 Å². The van der Waals surface area contributed by atoms with Crippen molar-refractivity contribution in [2.45, 2.75) is 0 Å². The molecule has 110 valence electrons. The van der Waals surface area contributed by atoms with E-state index in [1.165, 1.54) is 17.2 Å². The van der Waals surface area contributed by atoms with Gasteiger partial charge in [-0.15, -0.1) is 0 Å². The number of anilines is 1. The van der Waals surface area contributed by atoms with Crippen molar-refractivity contribution >= 4 is 46.2 Å². The Bertz CT molecular complexity index is 787. The molecule has 1 saturated heterocycles. The van der Waals surface area contributed by atoms with Gasteiger partial charge in [0.2, 0.25) is 0 Å². The maximum Gasteiger partial charge on any atom is 0.282 e. The molecule has 0 radical (unpaired) electrons. The van der Waals surface area contributed by atoms with Crippen LogP contribution in [0.4, 0.5) is 5.69 Å². The number of aromatic hydroxyl groups is 1. The lowest BCUT2D eigenvalue weighted by Crippen LogP contribution is -2.35. The fourth-order valence-electron chi connectivity index (χ4n) is 2.10. The van der Waals surface area contributed by atoms with Gasteiger partial charge in [-0.2, -0.15) is 0 Å². The van der Waals surface area contributed by atoms with Crippen LogP contribution < -0.4 is 10.4 Å². The molecule has 2 aromatic rings. The molecule has 0 aromatic heterocycles. The minimum atomic E-state index is -0.447. The van der Waals surface area contributed by atoms with Crippen LogP contribution in [0.5, 0.6) is 5.75 Å². The summed E-state index contributed by atoms with van der Waals surface area (Å²) in [5.74, 6) is -0.688. The van der Waals surface area contributed by atoms with E-state index in [9.17, 15) is 14.7 Å². The lowest BCUT2D eigenvalue weighted by molar-refractivity contribution is -0.117. The zero-order valence-corrected chi connectivity index (χ0v) is 13.4. The highest BCUT2D eigenvalue weighted by atomic mass is 127. The van der Waals surface area contributed by atoms with E-state index < -0.39 is 11.8 Å². The Morgan fingerprint density at radius 1 is 1.09 bits per heavy atom. The maximum atomic E-state index is 12.4. The highest BCUT2D eigenvalue weighted by molar-refractivity contribution is 14.1. The minimum Gasteiger partial charge on any atom is -0.507 e. The molecule has 3 rings (SSSR count). The third kappa shape index (κ3) is 2.69. The number of carbonyl (C=O) groups excluding carboxylic acids is 2. The van der Waals surface area contributed by atoms with Crippen LogP contribution in [0, 0.1) is 3.57 Å². The molecule has 0 saturated carbocycles. The van der Waals surface area contributed by atoms with Gasteiger partial charge in [0.05, 0.1) is 9.26 Å². The van der Waals surface area contributed by atoms with E-state index in [1.807, 2.05) is 28.7 Å². The standard InChI is InChI=1S/C16H11IN2O3/c17-13-9-10(6-7-14(13)20)8-12-15(21)18-19(16(12)22)11-4-2-1-3-5-11/h1-9,20H,(H,18,21)/b12-8-. The quantitative estimate of drug-likeness (QED) is 0.458. The number of phenols is 1. The third-order valence-electron chi connectivity index (χ3n) is 3.19. The largest absolute Gasteiger partial charge is 0.507 e. The van der Waals surface area contributed by atoms with Crippen LogP contribution in [0.25, 0.3) is 6.08 Å². The van der Waals surface area contributed by atoms with Gasteiger partial charge in [-0.05, 0) is 58.5 Å². The average Bonchev–Trinajstić information content (AvgIpc) is 2.80. The van der Waals surface area contributed by atoms with E-state index in [2.05, 4.69) is 5.43 Å². The maximum absolute atomic E-state index is 12.4. The first-order valence-electron chi connectivity index (χ1n) is 6.47. The second-order valence-corrected chi connectivity index (χ2v) is 5.85. The molecule has 6 heteroatoms. The van der Waals surface area contributed by atoms with E-state index in [1.54, 1.807) is 36.4 Å². The Labute approximate surface area is 140 Å². The number of hydrazine groups is 1. The molecule has 1 fully saturated rings. The zero-order chi connectivity index (χ0) is 15.7. The Balaban J connectivity index is 1.94. The molecule has 5 nitrogen and oxygen atoms in total. The lowest BCUT2D eigenvalue weighted by Gasteiger charge is -2.13. The number of para-hydroxylation sites is 1. The number of carbonyl (C=O) groups is 2. The van der Waals surface area contributed by atoms with Crippen molar-refractivity contribution in [3.8, 4) is 5.75 Å². The molecule has 2 N–H and O–H groups in total. The van der Waals surface area contributed by atoms with Crippen LogP contribution in [0.15, 0.2) is 54.1 Å². The molecule has 22 heavy (non-hydrogen) atoms. The van der Waals surface area contributed by atoms with Crippen molar-refractivity contribution in [1.29, 1.82) is 0 Å². The van der Waals surface area contributed by atoms with Crippen LogP contribution in [0.1, 0.15) is 5.56 Å². The van der Waals surface area contributed by atoms with Crippen LogP contribution in [-0.4, -0.2) is 16.9 Å². The van der Waals surface area contributed by atoms with Gasteiger partial charge in [-0.25, -0.2) is 5.01 Å². The topological polar surface area (TPSA) is 69.6 Å². The fraction of sp³-hybridized carbons (Fsp3) is 0. The molecular formula is C16H11IN2O3. The van der Waals surface area contributed by atoms with E-state index in [0.29, 0.717) is 14.8 Å². The molecule has 1 heterocycles. The first-order valence-corrected chi connectivity index (χ1v) is 7.55. The molecule has 0 aliphatic carbocycles. The first-order chi connectivity index (χ1) is 10.6. The van der Waals surface area contributed by atoms with Gasteiger partial charge in [0.15, 0.2) is 0 Å². The third-order valence-corrected chi connectivity index (χ3v) is 4.05. The number of rotatable bonds is 2. The Morgan fingerprint density at radius 2 is 1.82 bits per heavy atom. The van der Waals surface area contributed by atoms with E-state index in [-0.39, 0.29) is 11.3 Å². The van der Waals surface area contributed by atoms with E-state index >= 15 is 0 Å². The summed E-state index contributed by atoms with van der Waals surface area (Å²) in [5, 5.41) is 10.7. The number of halogens is 1. The molecule has 1 aliphatic heterocycles. The summed E-state index contributed by atoms with van der Waals surface area (Å²) in [6, 6.07) is 13.8. The predicted molar refractivity (Wildman–Crippen MR) is 90.9 cm³/mol. The molecule has 0 spiro atoms. The van der Waals surface area contributed by atoms with Gasteiger partial charge in [0, 0.05) is 0 Å². The van der Waals surface area contributed by atoms with Crippen LogP contribution in [0.2, 0.25) is 0 Å². The monoisotopic (exact) mass is 406 g/mol. The first kappa shape index (κ1) is 14.6. The summed E-state index contributed by atoms with van der Waals surface area (Å²) >= 11 is 1.99. The Morgan fingerprint density at radius 3 is 2.50 bits per heavy atom. The number of amides is 2. The van der Waals surface area contributed by atoms with Crippen LogP contribution >= 0.6 is 22.6 Å². The van der Waals surface area contributed by atoms with Gasteiger partial charge in [-0.3, -0.25) is 15.0 Å². The SMILES string of the molecule is O=C1NN(c2ccccc2)C(=O)/C1=C\c1ccc(O)c(I)c1. The number of nitrogens with one attached hydrogen (secondary N) is 1. The summed E-state index contributed by atoms with van der Waals surface area (Å²) < 4.78 is 0.651. The zero-order valence-electron chi connectivity index (χ0n) is 11.3. The summed E-state index contributed by atoms with van der Waals surface area (Å²) in [6.07, 6.45) is 1.52. The molecule has 1 aliphatic rings. The molecule has 0 atom stereocenters. The fourth-order valence-corrected chi connectivity index (χ4v) is 2.64. The number of hydrogen-bond donors (Lipinski definition) is 2. The van der Waals surface area contributed by atoms with Gasteiger partial charge in [-0.1, -0.05) is 24.3 Å². The van der Waals surface area contributed by atoms with Crippen LogP contribution in [0.3, 0.4) is 0 Å². The van der Waals surface area contributed by atoms with Crippen molar-refractivity contribution in [2.75, 3.05) is 5.01 Å². The predicted octanol–water partition coefficient (Wildman–Crippen LogP) is 2.46. The molecular weight excluding hydrogens is 395 g/mol. The van der Waals surface area contributed by atoms with Crippen molar-refractivity contribution in [3.05, 3.63) is 63.2 Å². The molecule has 0 bridgehead atoms. The highest BCUT2D eigenvalue weighted by Gasteiger charge is 2.34. The summed E-state index contributed by atoms with van der Waals surface area (Å²) in [5.41, 5.74) is 3.88. The smallest absolute Gasteiger partial charge is 0.282 e. The minimum absolute atomic E-state index is 0.0605. The summed E-state index contributed by atoms with van der Waals surface area (Å²) in [7, 11) is 0. The Kier molecular flexibility index (Phi) is 3.84. The second kappa shape index (κ2) is 5.80. The van der Waals surface area contributed by atoms with Gasteiger partial charge < -0.3 is 5.11 Å². The number of phenolic OH excluding ortho intramolecular Hbond substituents is 1. The average molecular weight is 406 g/mol. The normalized spacial score (nSPS) is 16.2. The number of nitrogens with zero attached hydrogens (tertiary/aromatic N) is 1. The molecule has 2 aromatic carbocycles. The molecule has 0 unspecified atom stereocenters. The summed E-state index contributed by atoms with van der Waals surface area (Å²) in [6.45, 7) is 0. The van der Waals surface area contributed by atoms with Gasteiger partial charge in [0.25, 0.3) is 11.8 Å². The lowest BCUT2D eigenvalue weighted by atomic mass is 10.1. The van der Waals surface area contributed by atoms with Gasteiger partial charge in [0.1, 0.15) is 11.3 Å². The number of benzene rings is 2. The van der Waals surface area contributed by atoms with E-state index in [0.717, 1.165) is 0 Å².